The van der Waals surface area contributed by atoms with Gasteiger partial charge in [-0.2, -0.15) is 0 Å². The SMILES string of the molecule is CCCC(C)CCCNC. The van der Waals surface area contributed by atoms with Crippen LogP contribution in [0, 0.1) is 5.92 Å². The lowest BCUT2D eigenvalue weighted by Crippen LogP contribution is -2.08. The minimum absolute atomic E-state index is 0.929. The van der Waals surface area contributed by atoms with Gasteiger partial charge in [0.15, 0.2) is 0 Å². The van der Waals surface area contributed by atoms with Gasteiger partial charge in [-0.05, 0) is 32.4 Å². The number of nitrogens with one attached hydrogen (secondary N) is 1. The van der Waals surface area contributed by atoms with Crippen LogP contribution in [-0.2, 0) is 0 Å². The van der Waals surface area contributed by atoms with E-state index in [1.807, 2.05) is 7.05 Å². The second-order valence-corrected chi connectivity index (χ2v) is 3.14. The van der Waals surface area contributed by atoms with Crippen LogP contribution in [0.15, 0.2) is 0 Å². The topological polar surface area (TPSA) is 12.0 Å². The Labute approximate surface area is 65.2 Å². The fourth-order valence-electron chi connectivity index (χ4n) is 1.26. The third-order valence-electron chi connectivity index (χ3n) is 1.91. The summed E-state index contributed by atoms with van der Waals surface area (Å²) in [7, 11) is 2.02. The van der Waals surface area contributed by atoms with Crippen LogP contribution >= 0.6 is 0 Å². The lowest BCUT2D eigenvalue weighted by Gasteiger charge is -2.08. The van der Waals surface area contributed by atoms with Crippen molar-refractivity contribution in [2.75, 3.05) is 13.6 Å². The zero-order valence-electron chi connectivity index (χ0n) is 7.61. The molecule has 1 N–H and O–H groups in total. The van der Waals surface area contributed by atoms with E-state index in [4.69, 9.17) is 0 Å². The van der Waals surface area contributed by atoms with Gasteiger partial charge in [0.1, 0.15) is 0 Å². The first kappa shape index (κ1) is 9.96. The zero-order valence-corrected chi connectivity index (χ0v) is 7.61. The van der Waals surface area contributed by atoms with Crippen LogP contribution in [0.4, 0.5) is 0 Å². The molecule has 0 fully saturated rings. The molecule has 10 heavy (non-hydrogen) atoms. The van der Waals surface area contributed by atoms with Crippen LogP contribution in [0.1, 0.15) is 39.5 Å². The summed E-state index contributed by atoms with van der Waals surface area (Å²) < 4.78 is 0. The van der Waals surface area contributed by atoms with E-state index in [1.54, 1.807) is 0 Å². The molecule has 0 heterocycles. The monoisotopic (exact) mass is 143 g/mol. The molecule has 1 heteroatoms. The van der Waals surface area contributed by atoms with Crippen LogP contribution in [0.3, 0.4) is 0 Å². The molecule has 1 nitrogen and oxygen atoms in total. The summed E-state index contributed by atoms with van der Waals surface area (Å²) in [5, 5.41) is 3.17. The van der Waals surface area contributed by atoms with Crippen molar-refractivity contribution in [2.45, 2.75) is 39.5 Å². The molecular formula is C9H21N. The van der Waals surface area contributed by atoms with Gasteiger partial charge in [0.05, 0.1) is 0 Å². The Morgan fingerprint density at radius 1 is 1.30 bits per heavy atom. The van der Waals surface area contributed by atoms with Gasteiger partial charge in [-0.1, -0.05) is 26.7 Å². The molecule has 0 rings (SSSR count). The molecule has 0 aliphatic rings. The summed E-state index contributed by atoms with van der Waals surface area (Å²) in [4.78, 5) is 0. The molecule has 0 aromatic heterocycles. The van der Waals surface area contributed by atoms with Crippen LogP contribution in [0.25, 0.3) is 0 Å². The van der Waals surface area contributed by atoms with Gasteiger partial charge in [-0.15, -0.1) is 0 Å². The Morgan fingerprint density at radius 3 is 2.50 bits per heavy atom. The average molecular weight is 143 g/mol. The highest BCUT2D eigenvalue weighted by atomic mass is 14.8. The molecule has 0 aliphatic carbocycles. The second kappa shape index (κ2) is 7.07. The molecule has 0 amide bonds. The Morgan fingerprint density at radius 2 is 2.00 bits per heavy atom. The minimum atomic E-state index is 0.929. The number of rotatable bonds is 6. The highest BCUT2D eigenvalue weighted by molar-refractivity contribution is 4.52. The first-order valence-electron chi connectivity index (χ1n) is 4.45. The smallest absolute Gasteiger partial charge is 0.00518 e. The van der Waals surface area contributed by atoms with Gasteiger partial charge in [0.2, 0.25) is 0 Å². The maximum Gasteiger partial charge on any atom is -0.00518 e. The van der Waals surface area contributed by atoms with Crippen molar-refractivity contribution < 1.29 is 0 Å². The maximum atomic E-state index is 3.17. The molecule has 1 atom stereocenters. The third kappa shape index (κ3) is 6.09. The molecule has 0 saturated heterocycles. The molecule has 1 unspecified atom stereocenters. The van der Waals surface area contributed by atoms with Crippen LogP contribution in [0.2, 0.25) is 0 Å². The van der Waals surface area contributed by atoms with E-state index in [1.165, 1.54) is 32.2 Å². The summed E-state index contributed by atoms with van der Waals surface area (Å²) >= 11 is 0. The Hall–Kier alpha value is -0.0400. The Bertz CT molecular complexity index is 61.7. The Kier molecular flexibility index (Phi) is 7.04. The van der Waals surface area contributed by atoms with Crippen LogP contribution < -0.4 is 5.32 Å². The van der Waals surface area contributed by atoms with E-state index in [9.17, 15) is 0 Å². The van der Waals surface area contributed by atoms with Crippen molar-refractivity contribution in [1.82, 2.24) is 5.32 Å². The minimum Gasteiger partial charge on any atom is -0.320 e. The molecular weight excluding hydrogens is 122 g/mol. The van der Waals surface area contributed by atoms with Gasteiger partial charge in [-0.25, -0.2) is 0 Å². The largest absolute Gasteiger partial charge is 0.320 e. The Balaban J connectivity index is 2.97. The van der Waals surface area contributed by atoms with E-state index in [2.05, 4.69) is 19.2 Å². The summed E-state index contributed by atoms with van der Waals surface area (Å²) in [5.74, 6) is 0.929. The lowest BCUT2D eigenvalue weighted by molar-refractivity contribution is 0.464. The molecule has 0 bridgehead atoms. The van der Waals surface area contributed by atoms with Gasteiger partial charge in [0, 0.05) is 0 Å². The van der Waals surface area contributed by atoms with E-state index in [-0.39, 0.29) is 0 Å². The summed E-state index contributed by atoms with van der Waals surface area (Å²) in [6.07, 6.45) is 5.44. The van der Waals surface area contributed by atoms with Crippen LogP contribution in [-0.4, -0.2) is 13.6 Å². The molecule has 0 aromatic rings. The predicted molar refractivity (Wildman–Crippen MR) is 47.2 cm³/mol. The van der Waals surface area contributed by atoms with Gasteiger partial charge >= 0.3 is 0 Å². The standard InChI is InChI=1S/C9H21N/c1-4-6-9(2)7-5-8-10-3/h9-10H,4-8H2,1-3H3. The van der Waals surface area contributed by atoms with E-state index < -0.39 is 0 Å². The molecule has 0 aromatic carbocycles. The van der Waals surface area contributed by atoms with Crippen molar-refractivity contribution >= 4 is 0 Å². The number of hydrogen-bond donors (Lipinski definition) is 1. The molecule has 0 aliphatic heterocycles. The normalized spacial score (nSPS) is 13.5. The molecule has 0 radical (unpaired) electrons. The summed E-state index contributed by atoms with van der Waals surface area (Å²) in [6.45, 7) is 5.78. The van der Waals surface area contributed by atoms with Crippen molar-refractivity contribution in [3.05, 3.63) is 0 Å². The predicted octanol–water partition coefficient (Wildman–Crippen LogP) is 2.42. The fourth-order valence-corrected chi connectivity index (χ4v) is 1.26. The van der Waals surface area contributed by atoms with Crippen molar-refractivity contribution in [3.63, 3.8) is 0 Å². The highest BCUT2D eigenvalue weighted by Crippen LogP contribution is 2.10. The van der Waals surface area contributed by atoms with E-state index in [0.29, 0.717) is 0 Å². The quantitative estimate of drug-likeness (QED) is 0.563. The van der Waals surface area contributed by atoms with Crippen molar-refractivity contribution in [3.8, 4) is 0 Å². The molecule has 0 saturated carbocycles. The first-order valence-corrected chi connectivity index (χ1v) is 4.45. The summed E-state index contributed by atoms with van der Waals surface area (Å²) in [5.41, 5.74) is 0. The van der Waals surface area contributed by atoms with Crippen molar-refractivity contribution in [1.29, 1.82) is 0 Å². The third-order valence-corrected chi connectivity index (χ3v) is 1.91. The lowest BCUT2D eigenvalue weighted by atomic mass is 10.0. The average Bonchev–Trinajstić information content (AvgIpc) is 1.89. The van der Waals surface area contributed by atoms with Gasteiger partial charge < -0.3 is 5.32 Å². The first-order chi connectivity index (χ1) is 4.81. The molecule has 0 spiro atoms. The second-order valence-electron chi connectivity index (χ2n) is 3.14. The number of hydrogen-bond acceptors (Lipinski definition) is 1. The van der Waals surface area contributed by atoms with Crippen LogP contribution in [0.5, 0.6) is 0 Å². The fraction of sp³-hybridized carbons (Fsp3) is 1.00. The van der Waals surface area contributed by atoms with E-state index >= 15 is 0 Å². The molecule has 62 valence electrons. The van der Waals surface area contributed by atoms with Crippen molar-refractivity contribution in [2.24, 2.45) is 5.92 Å². The summed E-state index contributed by atoms with van der Waals surface area (Å²) in [6, 6.07) is 0. The zero-order chi connectivity index (χ0) is 7.82. The van der Waals surface area contributed by atoms with E-state index in [0.717, 1.165) is 5.92 Å². The maximum absolute atomic E-state index is 3.17. The van der Waals surface area contributed by atoms with Gasteiger partial charge in [-0.3, -0.25) is 0 Å². The highest BCUT2D eigenvalue weighted by Gasteiger charge is 1.98. The van der Waals surface area contributed by atoms with Gasteiger partial charge in [0.25, 0.3) is 0 Å².